The maximum Gasteiger partial charge on any atom is 0.410 e. The first kappa shape index (κ1) is 16.3. The lowest BCUT2D eigenvalue weighted by Gasteiger charge is -2.37. The first-order valence-corrected chi connectivity index (χ1v) is 7.52. The van der Waals surface area contributed by atoms with Crippen LogP contribution in [0.3, 0.4) is 0 Å². The van der Waals surface area contributed by atoms with E-state index in [1.807, 2.05) is 32.7 Å². The standard InChI is InChI=1S/C15H24N4O3/c1-15(2,3)22-14(21)19-9-6-11(7-10-19)18(4)13-16-8-5-12(20)17-13/h5,8,11H,6-7,9-10H2,1-4H3,(H,16,17,20). The van der Waals surface area contributed by atoms with E-state index < -0.39 is 5.60 Å². The number of likely N-dealkylation sites (tertiary alicyclic amines) is 1. The highest BCUT2D eigenvalue weighted by molar-refractivity contribution is 5.68. The number of aromatic nitrogens is 2. The summed E-state index contributed by atoms with van der Waals surface area (Å²) in [7, 11) is 1.91. The molecule has 0 aromatic carbocycles. The summed E-state index contributed by atoms with van der Waals surface area (Å²) < 4.78 is 5.39. The predicted octanol–water partition coefficient (Wildman–Crippen LogP) is 1.61. The Balaban J connectivity index is 1.92. The van der Waals surface area contributed by atoms with Crippen molar-refractivity contribution in [3.05, 3.63) is 22.6 Å². The minimum atomic E-state index is -0.474. The van der Waals surface area contributed by atoms with Gasteiger partial charge in [-0.1, -0.05) is 0 Å². The van der Waals surface area contributed by atoms with Crippen LogP contribution in [-0.2, 0) is 4.74 Å². The Kier molecular flexibility index (Phi) is 4.73. The second-order valence-electron chi connectivity index (χ2n) is 6.57. The zero-order chi connectivity index (χ0) is 16.3. The Hall–Kier alpha value is -2.05. The highest BCUT2D eigenvalue weighted by Gasteiger charge is 2.29. The molecule has 2 heterocycles. The maximum absolute atomic E-state index is 12.0. The van der Waals surface area contributed by atoms with Crippen molar-refractivity contribution < 1.29 is 9.53 Å². The van der Waals surface area contributed by atoms with E-state index in [4.69, 9.17) is 4.74 Å². The van der Waals surface area contributed by atoms with E-state index in [9.17, 15) is 9.59 Å². The Labute approximate surface area is 130 Å². The van der Waals surface area contributed by atoms with Crippen LogP contribution in [0.1, 0.15) is 33.6 Å². The van der Waals surface area contributed by atoms with Crippen molar-refractivity contribution in [2.75, 3.05) is 25.0 Å². The molecular weight excluding hydrogens is 284 g/mol. The second kappa shape index (κ2) is 6.37. The average Bonchev–Trinajstić information content (AvgIpc) is 2.45. The largest absolute Gasteiger partial charge is 0.444 e. The van der Waals surface area contributed by atoms with E-state index in [0.717, 1.165) is 12.8 Å². The van der Waals surface area contributed by atoms with Gasteiger partial charge in [0, 0.05) is 38.4 Å². The molecule has 1 aromatic rings. The molecule has 0 radical (unpaired) electrons. The van der Waals surface area contributed by atoms with E-state index in [1.165, 1.54) is 12.3 Å². The summed E-state index contributed by atoms with van der Waals surface area (Å²) in [5, 5.41) is 0. The van der Waals surface area contributed by atoms with Crippen LogP contribution in [0.4, 0.5) is 10.7 Å². The van der Waals surface area contributed by atoms with Crippen molar-refractivity contribution in [3.8, 4) is 0 Å². The van der Waals surface area contributed by atoms with Gasteiger partial charge in [0.25, 0.3) is 5.56 Å². The lowest BCUT2D eigenvalue weighted by atomic mass is 10.0. The van der Waals surface area contributed by atoms with Crippen LogP contribution in [0.15, 0.2) is 17.1 Å². The van der Waals surface area contributed by atoms with Gasteiger partial charge in [-0.25, -0.2) is 9.78 Å². The van der Waals surface area contributed by atoms with Crippen LogP contribution in [0.5, 0.6) is 0 Å². The van der Waals surface area contributed by atoms with Crippen molar-refractivity contribution in [3.63, 3.8) is 0 Å². The third-order valence-corrected chi connectivity index (χ3v) is 3.66. The molecule has 7 nitrogen and oxygen atoms in total. The molecule has 0 spiro atoms. The zero-order valence-corrected chi connectivity index (χ0v) is 13.6. The third kappa shape index (κ3) is 4.22. The summed E-state index contributed by atoms with van der Waals surface area (Å²) in [5.41, 5.74) is -0.638. The average molecular weight is 308 g/mol. The maximum atomic E-state index is 12.0. The molecule has 0 atom stereocenters. The summed E-state index contributed by atoms with van der Waals surface area (Å²) >= 11 is 0. The number of hydrogen-bond acceptors (Lipinski definition) is 5. The molecule has 22 heavy (non-hydrogen) atoms. The molecule has 0 aliphatic carbocycles. The number of aromatic amines is 1. The van der Waals surface area contributed by atoms with Crippen molar-refractivity contribution in [1.29, 1.82) is 0 Å². The number of H-pyrrole nitrogens is 1. The van der Waals surface area contributed by atoms with Crippen molar-refractivity contribution in [1.82, 2.24) is 14.9 Å². The van der Waals surface area contributed by atoms with Gasteiger partial charge >= 0.3 is 6.09 Å². The van der Waals surface area contributed by atoms with Gasteiger partial charge in [0.05, 0.1) is 0 Å². The van der Waals surface area contributed by atoms with E-state index >= 15 is 0 Å². The first-order chi connectivity index (χ1) is 10.3. The number of carbonyl (C=O) groups is 1. The Bertz CT molecular complexity index is 571. The predicted molar refractivity (Wildman–Crippen MR) is 84.1 cm³/mol. The highest BCUT2D eigenvalue weighted by Crippen LogP contribution is 2.20. The number of amides is 1. The van der Waals surface area contributed by atoms with Crippen LogP contribution >= 0.6 is 0 Å². The topological polar surface area (TPSA) is 78.5 Å². The lowest BCUT2D eigenvalue weighted by Crippen LogP contribution is -2.47. The summed E-state index contributed by atoms with van der Waals surface area (Å²) in [6, 6.07) is 1.63. The number of anilines is 1. The van der Waals surface area contributed by atoms with Crippen molar-refractivity contribution in [2.45, 2.75) is 45.3 Å². The zero-order valence-electron chi connectivity index (χ0n) is 13.6. The molecule has 1 N–H and O–H groups in total. The minimum absolute atomic E-state index is 0.164. The molecule has 0 saturated carbocycles. The SMILES string of the molecule is CN(c1nccc(=O)[nH]1)C1CCN(C(=O)OC(C)(C)C)CC1. The molecule has 1 saturated heterocycles. The van der Waals surface area contributed by atoms with Crippen LogP contribution in [0.25, 0.3) is 0 Å². The van der Waals surface area contributed by atoms with Crippen molar-refractivity contribution in [2.24, 2.45) is 0 Å². The summed E-state index contributed by atoms with van der Waals surface area (Å²) in [5.74, 6) is 0.559. The van der Waals surface area contributed by atoms with Crippen LogP contribution in [0.2, 0.25) is 0 Å². The van der Waals surface area contributed by atoms with Crippen LogP contribution in [-0.4, -0.2) is 52.7 Å². The van der Waals surface area contributed by atoms with E-state index in [0.29, 0.717) is 19.0 Å². The Morgan fingerprint density at radius 1 is 1.41 bits per heavy atom. The van der Waals surface area contributed by atoms with E-state index in [-0.39, 0.29) is 17.7 Å². The van der Waals surface area contributed by atoms with Gasteiger partial charge in [0.15, 0.2) is 0 Å². The summed E-state index contributed by atoms with van der Waals surface area (Å²) in [6.07, 6.45) is 2.86. The summed E-state index contributed by atoms with van der Waals surface area (Å²) in [4.78, 5) is 34.0. The molecule has 0 bridgehead atoms. The van der Waals surface area contributed by atoms with Gasteiger partial charge in [-0.2, -0.15) is 0 Å². The van der Waals surface area contributed by atoms with Gasteiger partial charge in [0.1, 0.15) is 5.60 Å². The fourth-order valence-electron chi connectivity index (χ4n) is 2.47. The molecule has 1 fully saturated rings. The minimum Gasteiger partial charge on any atom is -0.444 e. The van der Waals surface area contributed by atoms with Crippen LogP contribution in [0, 0.1) is 0 Å². The quantitative estimate of drug-likeness (QED) is 0.898. The van der Waals surface area contributed by atoms with E-state index in [2.05, 4.69) is 9.97 Å². The molecule has 1 aliphatic heterocycles. The monoisotopic (exact) mass is 308 g/mol. The lowest BCUT2D eigenvalue weighted by molar-refractivity contribution is 0.0205. The number of nitrogens with one attached hydrogen (secondary N) is 1. The van der Waals surface area contributed by atoms with Gasteiger partial charge in [-0.3, -0.25) is 9.78 Å². The molecule has 1 aliphatic rings. The number of rotatable bonds is 2. The fourth-order valence-corrected chi connectivity index (χ4v) is 2.47. The fraction of sp³-hybridized carbons (Fsp3) is 0.667. The molecule has 0 unspecified atom stereocenters. The number of nitrogens with zero attached hydrogens (tertiary/aromatic N) is 3. The molecule has 122 valence electrons. The summed E-state index contributed by atoms with van der Waals surface area (Å²) in [6.45, 7) is 6.87. The number of carbonyl (C=O) groups excluding carboxylic acids is 1. The number of ether oxygens (including phenoxy) is 1. The third-order valence-electron chi connectivity index (χ3n) is 3.66. The molecule has 1 aromatic heterocycles. The smallest absolute Gasteiger partial charge is 0.410 e. The first-order valence-electron chi connectivity index (χ1n) is 7.52. The second-order valence-corrected chi connectivity index (χ2v) is 6.57. The van der Waals surface area contributed by atoms with Crippen LogP contribution < -0.4 is 10.5 Å². The molecule has 1 amide bonds. The van der Waals surface area contributed by atoms with Gasteiger partial charge in [0.2, 0.25) is 5.95 Å². The van der Waals surface area contributed by atoms with Gasteiger partial charge < -0.3 is 14.5 Å². The normalized spacial score (nSPS) is 16.5. The molecule has 2 rings (SSSR count). The highest BCUT2D eigenvalue weighted by atomic mass is 16.6. The Morgan fingerprint density at radius 3 is 2.59 bits per heavy atom. The molecular formula is C15H24N4O3. The Morgan fingerprint density at radius 2 is 2.05 bits per heavy atom. The van der Waals surface area contributed by atoms with Gasteiger partial charge in [-0.15, -0.1) is 0 Å². The van der Waals surface area contributed by atoms with Gasteiger partial charge in [-0.05, 0) is 33.6 Å². The molecule has 7 heteroatoms. The number of piperidine rings is 1. The van der Waals surface area contributed by atoms with E-state index in [1.54, 1.807) is 4.90 Å². The number of hydrogen-bond donors (Lipinski definition) is 1. The van der Waals surface area contributed by atoms with Crippen molar-refractivity contribution >= 4 is 12.0 Å².